The topological polar surface area (TPSA) is 37.8 Å². The molecule has 0 spiro atoms. The van der Waals surface area contributed by atoms with Crippen molar-refractivity contribution in [3.8, 4) is 21.1 Å². The molecule has 1 N–H and O–H groups in total. The molecule has 0 saturated carbocycles. The third kappa shape index (κ3) is 3.37. The Morgan fingerprint density at radius 1 is 1.19 bits per heavy atom. The second-order valence-corrected chi connectivity index (χ2v) is 6.79. The van der Waals surface area contributed by atoms with Gasteiger partial charge in [0.1, 0.15) is 10.7 Å². The van der Waals surface area contributed by atoms with Crippen LogP contribution in [0.4, 0.5) is 0 Å². The number of nitrogens with one attached hydrogen (secondary N) is 1. The Balaban J connectivity index is 2.00. The van der Waals surface area contributed by atoms with Crippen molar-refractivity contribution in [3.63, 3.8) is 0 Å². The Hall–Kier alpha value is -1.56. The fourth-order valence-corrected chi connectivity index (χ4v) is 3.68. The van der Waals surface area contributed by atoms with Crippen LogP contribution in [0, 0.1) is 0 Å². The lowest BCUT2D eigenvalue weighted by molar-refractivity contribution is 0.584. The van der Waals surface area contributed by atoms with Gasteiger partial charge in [-0.2, -0.15) is 0 Å². The molecule has 0 unspecified atom stereocenters. The van der Waals surface area contributed by atoms with E-state index in [4.69, 9.17) is 4.98 Å². The maximum atomic E-state index is 4.80. The van der Waals surface area contributed by atoms with E-state index in [0.29, 0.717) is 6.04 Å². The van der Waals surface area contributed by atoms with Gasteiger partial charge < -0.3 is 5.32 Å². The quantitative estimate of drug-likeness (QED) is 0.757. The minimum absolute atomic E-state index is 0.443. The summed E-state index contributed by atoms with van der Waals surface area (Å²) in [6, 6.07) is 10.9. The summed E-state index contributed by atoms with van der Waals surface area (Å²) in [6.07, 6.45) is 0. The first kappa shape index (κ1) is 14.4. The third-order valence-electron chi connectivity index (χ3n) is 3.06. The highest BCUT2D eigenvalue weighted by atomic mass is 32.1. The zero-order chi connectivity index (χ0) is 14.7. The summed E-state index contributed by atoms with van der Waals surface area (Å²) in [5, 5.41) is 6.50. The van der Waals surface area contributed by atoms with Crippen molar-refractivity contribution in [2.75, 3.05) is 0 Å². The molecule has 2 heterocycles. The van der Waals surface area contributed by atoms with Crippen molar-refractivity contribution in [2.45, 2.75) is 26.4 Å². The van der Waals surface area contributed by atoms with Crippen LogP contribution in [-0.4, -0.2) is 16.0 Å². The highest BCUT2D eigenvalue weighted by molar-refractivity contribution is 7.18. The molecular weight excluding hydrogens is 298 g/mol. The van der Waals surface area contributed by atoms with Gasteiger partial charge in [-0.1, -0.05) is 44.2 Å². The molecule has 0 fully saturated rings. The van der Waals surface area contributed by atoms with Crippen LogP contribution in [0.25, 0.3) is 21.1 Å². The summed E-state index contributed by atoms with van der Waals surface area (Å²) in [5.41, 5.74) is 5.14. The van der Waals surface area contributed by atoms with Gasteiger partial charge in [-0.15, -0.1) is 22.7 Å². The lowest BCUT2D eigenvalue weighted by Crippen LogP contribution is -2.22. The molecule has 1 aromatic carbocycles. The molecule has 21 heavy (non-hydrogen) atoms. The largest absolute Gasteiger partial charge is 0.309 e. The van der Waals surface area contributed by atoms with Crippen LogP contribution in [0.3, 0.4) is 0 Å². The van der Waals surface area contributed by atoms with E-state index in [1.807, 2.05) is 17.0 Å². The fourth-order valence-electron chi connectivity index (χ4n) is 2.02. The number of nitrogens with zero attached hydrogens (tertiary/aromatic N) is 2. The maximum Gasteiger partial charge on any atom is 0.143 e. The third-order valence-corrected chi connectivity index (χ3v) is 4.82. The highest BCUT2D eigenvalue weighted by Crippen LogP contribution is 2.35. The van der Waals surface area contributed by atoms with Gasteiger partial charge in [-0.05, 0) is 5.56 Å². The van der Waals surface area contributed by atoms with E-state index in [0.717, 1.165) is 22.9 Å². The molecule has 3 aromatic rings. The molecule has 0 aliphatic carbocycles. The second kappa shape index (κ2) is 6.47. The molecule has 0 amide bonds. The molecule has 3 nitrogen and oxygen atoms in total. The zero-order valence-corrected chi connectivity index (χ0v) is 13.7. The molecule has 0 aliphatic rings. The number of thiazole rings is 2. The Morgan fingerprint density at radius 2 is 2.00 bits per heavy atom. The molecule has 3 rings (SSSR count). The maximum absolute atomic E-state index is 4.80. The van der Waals surface area contributed by atoms with Gasteiger partial charge >= 0.3 is 0 Å². The van der Waals surface area contributed by atoms with Gasteiger partial charge in [0.2, 0.25) is 0 Å². The number of hydrogen-bond acceptors (Lipinski definition) is 5. The van der Waals surface area contributed by atoms with Crippen LogP contribution in [0.1, 0.15) is 19.5 Å². The molecule has 0 radical (unpaired) electrons. The lowest BCUT2D eigenvalue weighted by Gasteiger charge is -2.07. The molecule has 5 heteroatoms. The Kier molecular flexibility index (Phi) is 4.43. The predicted octanol–water partition coefficient (Wildman–Crippen LogP) is 4.43. The summed E-state index contributed by atoms with van der Waals surface area (Å²) in [7, 11) is 0. The predicted molar refractivity (Wildman–Crippen MR) is 90.6 cm³/mol. The van der Waals surface area contributed by atoms with Crippen LogP contribution in [0.2, 0.25) is 0 Å². The summed E-state index contributed by atoms with van der Waals surface area (Å²) < 4.78 is 0. The van der Waals surface area contributed by atoms with E-state index in [1.165, 1.54) is 10.4 Å². The van der Waals surface area contributed by atoms with Crippen molar-refractivity contribution < 1.29 is 0 Å². The lowest BCUT2D eigenvalue weighted by atomic mass is 10.1. The first-order chi connectivity index (χ1) is 10.2. The minimum Gasteiger partial charge on any atom is -0.309 e. The summed E-state index contributed by atoms with van der Waals surface area (Å²) in [6.45, 7) is 5.08. The van der Waals surface area contributed by atoms with E-state index in [9.17, 15) is 0 Å². The SMILES string of the molecule is CC(C)NCc1nc(-c2cscn2)sc1-c1ccccc1. The normalized spacial score (nSPS) is 11.2. The minimum atomic E-state index is 0.443. The van der Waals surface area contributed by atoms with Gasteiger partial charge in [0, 0.05) is 18.0 Å². The highest BCUT2D eigenvalue weighted by Gasteiger charge is 2.15. The molecule has 0 saturated heterocycles. The van der Waals surface area contributed by atoms with E-state index < -0.39 is 0 Å². The van der Waals surface area contributed by atoms with Crippen LogP contribution < -0.4 is 5.32 Å². The molecule has 0 bridgehead atoms. The standard InChI is InChI=1S/C16H17N3S2/c1-11(2)17-8-13-15(12-6-4-3-5-7-12)21-16(19-13)14-9-20-10-18-14/h3-7,9-11,17H,8H2,1-2H3. The van der Waals surface area contributed by atoms with Crippen molar-refractivity contribution >= 4 is 22.7 Å². The van der Waals surface area contributed by atoms with E-state index in [2.05, 4.69) is 48.4 Å². The molecular formula is C16H17N3S2. The van der Waals surface area contributed by atoms with Crippen LogP contribution in [0.5, 0.6) is 0 Å². The second-order valence-electron chi connectivity index (χ2n) is 5.07. The fraction of sp³-hybridized carbons (Fsp3) is 0.250. The van der Waals surface area contributed by atoms with E-state index in [1.54, 1.807) is 22.7 Å². The van der Waals surface area contributed by atoms with Crippen LogP contribution in [0.15, 0.2) is 41.2 Å². The van der Waals surface area contributed by atoms with Crippen LogP contribution >= 0.6 is 22.7 Å². The van der Waals surface area contributed by atoms with Crippen molar-refractivity contribution in [2.24, 2.45) is 0 Å². The van der Waals surface area contributed by atoms with Crippen LogP contribution in [-0.2, 0) is 6.54 Å². The Bertz CT molecular complexity index is 688. The Labute approximate surface area is 132 Å². The van der Waals surface area contributed by atoms with Gasteiger partial charge in [-0.3, -0.25) is 0 Å². The van der Waals surface area contributed by atoms with Gasteiger partial charge in [0.15, 0.2) is 0 Å². The first-order valence-electron chi connectivity index (χ1n) is 6.91. The van der Waals surface area contributed by atoms with Crippen molar-refractivity contribution in [1.82, 2.24) is 15.3 Å². The first-order valence-corrected chi connectivity index (χ1v) is 8.67. The van der Waals surface area contributed by atoms with E-state index in [-0.39, 0.29) is 0 Å². The smallest absolute Gasteiger partial charge is 0.143 e. The van der Waals surface area contributed by atoms with Gasteiger partial charge in [-0.25, -0.2) is 9.97 Å². The zero-order valence-electron chi connectivity index (χ0n) is 12.0. The molecule has 2 aromatic heterocycles. The Morgan fingerprint density at radius 3 is 2.67 bits per heavy atom. The monoisotopic (exact) mass is 315 g/mol. The molecule has 0 aliphatic heterocycles. The van der Waals surface area contributed by atoms with Crippen molar-refractivity contribution in [3.05, 3.63) is 46.9 Å². The average molecular weight is 315 g/mol. The summed E-state index contributed by atoms with van der Waals surface area (Å²) in [4.78, 5) is 10.4. The number of benzene rings is 1. The van der Waals surface area contributed by atoms with Crippen molar-refractivity contribution in [1.29, 1.82) is 0 Å². The summed E-state index contributed by atoms with van der Waals surface area (Å²) >= 11 is 3.32. The molecule has 108 valence electrons. The number of hydrogen-bond donors (Lipinski definition) is 1. The summed E-state index contributed by atoms with van der Waals surface area (Å²) in [5.74, 6) is 0. The number of rotatable bonds is 5. The van der Waals surface area contributed by atoms with E-state index >= 15 is 0 Å². The average Bonchev–Trinajstić information content (AvgIpc) is 3.15. The van der Waals surface area contributed by atoms with Gasteiger partial charge in [0.05, 0.1) is 16.1 Å². The number of aromatic nitrogens is 2. The van der Waals surface area contributed by atoms with Gasteiger partial charge in [0.25, 0.3) is 0 Å². The molecule has 0 atom stereocenters.